The van der Waals surface area contributed by atoms with Gasteiger partial charge in [-0.15, -0.1) is 0 Å². The van der Waals surface area contributed by atoms with Crippen LogP contribution in [-0.2, 0) is 15.0 Å². The number of rotatable bonds is 4. The summed E-state index contributed by atoms with van der Waals surface area (Å²) in [5.74, 6) is -1.26. The van der Waals surface area contributed by atoms with Crippen LogP contribution in [0, 0.1) is 0 Å². The molecule has 3 rings (SSSR count). The molecule has 0 saturated heterocycles. The molecular weight excluding hydrogens is 310 g/mol. The highest BCUT2D eigenvalue weighted by Crippen LogP contribution is 2.41. The Morgan fingerprint density at radius 2 is 2.04 bits per heavy atom. The molecule has 1 saturated carbocycles. The molecule has 2 aromatic heterocycles. The molecule has 0 radical (unpaired) electrons. The van der Waals surface area contributed by atoms with E-state index in [4.69, 9.17) is 0 Å². The molecule has 23 heavy (non-hydrogen) atoms. The summed E-state index contributed by atoms with van der Waals surface area (Å²) in [4.78, 5) is 27.9. The van der Waals surface area contributed by atoms with E-state index in [1.165, 1.54) is 11.8 Å². The maximum Gasteiger partial charge on any atom is 0.313 e. The third kappa shape index (κ3) is 3.59. The van der Waals surface area contributed by atoms with Crippen molar-refractivity contribution in [1.29, 1.82) is 0 Å². The Morgan fingerprint density at radius 3 is 2.70 bits per heavy atom. The second-order valence-corrected chi connectivity index (χ2v) is 6.66. The maximum atomic E-state index is 12.1. The molecule has 0 aromatic carbocycles. The van der Waals surface area contributed by atoms with E-state index in [1.807, 2.05) is 0 Å². The fraction of sp³-hybridized carbons (Fsp3) is 0.353. The van der Waals surface area contributed by atoms with Gasteiger partial charge < -0.3 is 10.6 Å². The summed E-state index contributed by atoms with van der Waals surface area (Å²) < 4.78 is 0. The average Bonchev–Trinajstić information content (AvgIpc) is 3.25. The molecule has 2 aromatic rings. The molecule has 5 nitrogen and oxygen atoms in total. The molecule has 1 aliphatic rings. The maximum absolute atomic E-state index is 12.1. The summed E-state index contributed by atoms with van der Waals surface area (Å²) in [6.07, 6.45) is 7.54. The van der Waals surface area contributed by atoms with Crippen LogP contribution in [-0.4, -0.2) is 23.3 Å². The van der Waals surface area contributed by atoms with Gasteiger partial charge >= 0.3 is 11.8 Å². The summed E-state index contributed by atoms with van der Waals surface area (Å²) in [7, 11) is 0. The number of amides is 2. The zero-order valence-corrected chi connectivity index (χ0v) is 13.6. The van der Waals surface area contributed by atoms with Gasteiger partial charge in [0, 0.05) is 18.2 Å². The SMILES string of the molecule is O=C(NCC1(c2ccsc2)CCCC1)C(=O)Nc1cccnc1. The van der Waals surface area contributed by atoms with Crippen LogP contribution in [0.15, 0.2) is 41.4 Å². The minimum absolute atomic E-state index is 0.0236. The van der Waals surface area contributed by atoms with Crippen molar-refractivity contribution >= 4 is 28.8 Å². The van der Waals surface area contributed by atoms with E-state index in [0.29, 0.717) is 12.2 Å². The highest BCUT2D eigenvalue weighted by molar-refractivity contribution is 7.08. The van der Waals surface area contributed by atoms with Gasteiger partial charge in [0.2, 0.25) is 0 Å². The van der Waals surface area contributed by atoms with Crippen LogP contribution in [0.3, 0.4) is 0 Å². The zero-order chi connectivity index (χ0) is 16.1. The molecule has 2 N–H and O–H groups in total. The number of hydrogen-bond donors (Lipinski definition) is 2. The van der Waals surface area contributed by atoms with Crippen LogP contribution in [0.5, 0.6) is 0 Å². The molecule has 0 bridgehead atoms. The lowest BCUT2D eigenvalue weighted by Crippen LogP contribution is -2.43. The highest BCUT2D eigenvalue weighted by Gasteiger charge is 2.36. The van der Waals surface area contributed by atoms with Gasteiger partial charge in [-0.2, -0.15) is 11.3 Å². The average molecular weight is 329 g/mol. The fourth-order valence-electron chi connectivity index (χ4n) is 3.14. The van der Waals surface area contributed by atoms with Crippen LogP contribution in [0.1, 0.15) is 31.2 Å². The van der Waals surface area contributed by atoms with Crippen molar-refractivity contribution in [1.82, 2.24) is 10.3 Å². The van der Waals surface area contributed by atoms with Crippen LogP contribution in [0.25, 0.3) is 0 Å². The second kappa shape index (κ2) is 6.91. The Bertz CT molecular complexity index is 664. The van der Waals surface area contributed by atoms with Gasteiger partial charge in [0.05, 0.1) is 11.9 Å². The Morgan fingerprint density at radius 1 is 1.22 bits per heavy atom. The van der Waals surface area contributed by atoms with E-state index in [-0.39, 0.29) is 5.41 Å². The lowest BCUT2D eigenvalue weighted by molar-refractivity contribution is -0.136. The predicted octanol–water partition coefficient (Wildman–Crippen LogP) is 2.71. The van der Waals surface area contributed by atoms with E-state index >= 15 is 0 Å². The van der Waals surface area contributed by atoms with E-state index in [9.17, 15) is 9.59 Å². The number of nitrogens with one attached hydrogen (secondary N) is 2. The number of thiophene rings is 1. The number of carbonyl (C=O) groups is 2. The first-order valence-corrected chi connectivity index (χ1v) is 8.66. The van der Waals surface area contributed by atoms with Gasteiger partial charge in [-0.1, -0.05) is 12.8 Å². The minimum atomic E-state index is -0.656. The summed E-state index contributed by atoms with van der Waals surface area (Å²) in [6.45, 7) is 0.503. The van der Waals surface area contributed by atoms with E-state index in [2.05, 4.69) is 32.4 Å². The summed E-state index contributed by atoms with van der Waals surface area (Å²) in [5.41, 5.74) is 1.76. The minimum Gasteiger partial charge on any atom is -0.347 e. The van der Waals surface area contributed by atoms with Crippen molar-refractivity contribution in [2.75, 3.05) is 11.9 Å². The van der Waals surface area contributed by atoms with Crippen LogP contribution >= 0.6 is 11.3 Å². The monoisotopic (exact) mass is 329 g/mol. The van der Waals surface area contributed by atoms with Crippen molar-refractivity contribution in [2.45, 2.75) is 31.1 Å². The third-order valence-corrected chi connectivity index (χ3v) is 5.09. The molecule has 0 atom stereocenters. The molecule has 2 heterocycles. The number of anilines is 1. The summed E-state index contributed by atoms with van der Waals surface area (Å²) >= 11 is 1.67. The standard InChI is InChI=1S/C17H19N3O2S/c21-15(16(22)20-14-4-3-8-18-10-14)19-12-17(6-1-2-7-17)13-5-9-23-11-13/h3-5,8-11H,1-2,6-7,12H2,(H,19,21)(H,20,22). The van der Waals surface area contributed by atoms with Gasteiger partial charge in [-0.25, -0.2) is 0 Å². The Labute approximate surface area is 139 Å². The van der Waals surface area contributed by atoms with Crippen molar-refractivity contribution in [3.8, 4) is 0 Å². The normalized spacial score (nSPS) is 16.0. The number of carbonyl (C=O) groups excluding carboxylic acids is 2. The summed E-state index contributed by atoms with van der Waals surface area (Å²) in [6, 6.07) is 5.53. The lowest BCUT2D eigenvalue weighted by Gasteiger charge is -2.28. The first-order chi connectivity index (χ1) is 11.2. The van der Waals surface area contributed by atoms with Gasteiger partial charge in [0.25, 0.3) is 0 Å². The quantitative estimate of drug-likeness (QED) is 0.847. The van der Waals surface area contributed by atoms with Crippen LogP contribution in [0.4, 0.5) is 5.69 Å². The number of hydrogen-bond acceptors (Lipinski definition) is 4. The van der Waals surface area contributed by atoms with Crippen molar-refractivity contribution < 1.29 is 9.59 Å². The van der Waals surface area contributed by atoms with Gasteiger partial charge in [-0.3, -0.25) is 14.6 Å². The highest BCUT2D eigenvalue weighted by atomic mass is 32.1. The van der Waals surface area contributed by atoms with Crippen molar-refractivity contribution in [3.63, 3.8) is 0 Å². The van der Waals surface area contributed by atoms with Gasteiger partial charge in [0.15, 0.2) is 0 Å². The molecular formula is C17H19N3O2S. The zero-order valence-electron chi connectivity index (χ0n) is 12.7. The molecule has 6 heteroatoms. The third-order valence-electron chi connectivity index (χ3n) is 4.41. The Balaban J connectivity index is 1.60. The number of pyridine rings is 1. The lowest BCUT2D eigenvalue weighted by atomic mass is 9.80. The van der Waals surface area contributed by atoms with Crippen molar-refractivity contribution in [3.05, 3.63) is 46.9 Å². The van der Waals surface area contributed by atoms with Crippen LogP contribution in [0.2, 0.25) is 0 Å². The van der Waals surface area contributed by atoms with Crippen molar-refractivity contribution in [2.24, 2.45) is 0 Å². The van der Waals surface area contributed by atoms with E-state index < -0.39 is 11.8 Å². The predicted molar refractivity (Wildman–Crippen MR) is 90.3 cm³/mol. The van der Waals surface area contributed by atoms with E-state index in [1.54, 1.807) is 29.7 Å². The first-order valence-electron chi connectivity index (χ1n) is 7.71. The molecule has 120 valence electrons. The molecule has 1 aliphatic carbocycles. The first kappa shape index (κ1) is 15.7. The fourth-order valence-corrected chi connectivity index (χ4v) is 3.92. The Kier molecular flexibility index (Phi) is 4.71. The molecule has 0 spiro atoms. The molecule has 0 aliphatic heterocycles. The molecule has 0 unspecified atom stereocenters. The largest absolute Gasteiger partial charge is 0.347 e. The van der Waals surface area contributed by atoms with Gasteiger partial charge in [0.1, 0.15) is 0 Å². The van der Waals surface area contributed by atoms with Gasteiger partial charge in [-0.05, 0) is 47.4 Å². The molecule has 1 fully saturated rings. The second-order valence-electron chi connectivity index (χ2n) is 5.88. The number of nitrogens with zero attached hydrogens (tertiary/aromatic N) is 1. The smallest absolute Gasteiger partial charge is 0.313 e. The summed E-state index contributed by atoms with van der Waals surface area (Å²) in [5, 5.41) is 9.57. The number of aromatic nitrogens is 1. The van der Waals surface area contributed by atoms with Crippen LogP contribution < -0.4 is 10.6 Å². The topological polar surface area (TPSA) is 71.1 Å². The van der Waals surface area contributed by atoms with E-state index in [0.717, 1.165) is 25.7 Å². The Hall–Kier alpha value is -2.21. The molecule has 2 amide bonds.